The maximum absolute atomic E-state index is 13.4. The van der Waals surface area contributed by atoms with Gasteiger partial charge in [-0.15, -0.1) is 27.8 Å². The number of hydrogen-bond donors (Lipinski definition) is 8. The zero-order valence-corrected chi connectivity index (χ0v) is 26.7. The van der Waals surface area contributed by atoms with E-state index in [2.05, 4.69) is 20.4 Å². The van der Waals surface area contributed by atoms with Crippen molar-refractivity contribution in [3.8, 4) is 11.5 Å². The van der Waals surface area contributed by atoms with Crippen LogP contribution in [-0.4, -0.2) is 87.7 Å². The molecule has 0 aliphatic carbocycles. The molecular weight excluding hydrogens is 691 g/mol. The summed E-state index contributed by atoms with van der Waals surface area (Å²) >= 11 is 3.44. The molecule has 5 rings (SSSR count). The molecule has 1 aromatic carbocycles. The molecule has 0 bridgehead atoms. The first-order valence-electron chi connectivity index (χ1n) is 13.5. The number of nitrogens with two attached hydrogens (primary N) is 3. The molecule has 0 spiro atoms. The fourth-order valence-corrected chi connectivity index (χ4v) is 7.07. The Morgan fingerprint density at radius 2 is 1.98 bits per heavy atom. The minimum atomic E-state index is -1.82. The summed E-state index contributed by atoms with van der Waals surface area (Å²) in [5, 5.41) is 46.4. The number of phenols is 2. The van der Waals surface area contributed by atoms with Gasteiger partial charge in [-0.25, -0.2) is 14.6 Å². The quantitative estimate of drug-likeness (QED) is 0.0175. The highest BCUT2D eigenvalue weighted by atomic mass is 32.2. The number of nitrogen functional groups attached to an aromatic ring is 3. The van der Waals surface area contributed by atoms with E-state index in [1.54, 1.807) is 18.3 Å². The second kappa shape index (κ2) is 14.1. The van der Waals surface area contributed by atoms with Gasteiger partial charge in [0.2, 0.25) is 11.9 Å². The third-order valence-electron chi connectivity index (χ3n) is 6.72. The Hall–Kier alpha value is -5.54. The van der Waals surface area contributed by atoms with Crippen molar-refractivity contribution in [1.29, 1.82) is 0 Å². The molecule has 18 nitrogen and oxygen atoms in total. The number of phenolic OH excluding ortho intramolecular Hbond substituents is 2. The SMILES string of the molecule is Nc1cc[n+](N)c(SC/C=C/C2=C(C(=O)O)N3C(=O)[C@@H](NC(=O)/C(=N\O[C@H](C(=O)O)c4ccc(O)c(O)c4)c4csc(N)n4)[C@H]3SC2)n1. The molecule has 250 valence electrons. The van der Waals surface area contributed by atoms with Gasteiger partial charge in [0.1, 0.15) is 29.0 Å². The molecule has 48 heavy (non-hydrogen) atoms. The molecule has 2 aromatic heterocycles. The van der Waals surface area contributed by atoms with Gasteiger partial charge < -0.3 is 42.0 Å². The number of thioether (sulfide) groups is 2. The Balaban J connectivity index is 1.32. The number of nitrogens with one attached hydrogen (secondary N) is 1. The average Bonchev–Trinajstić information content (AvgIpc) is 3.47. The number of carbonyl (C=O) groups excluding carboxylic acids is 2. The number of rotatable bonds is 12. The van der Waals surface area contributed by atoms with Crippen molar-refractivity contribution in [2.75, 3.05) is 28.8 Å². The van der Waals surface area contributed by atoms with Crippen LogP contribution in [0.3, 0.4) is 0 Å². The number of fused-ring (bicyclic) bond motifs is 1. The van der Waals surface area contributed by atoms with Crippen molar-refractivity contribution >= 4 is 75.3 Å². The van der Waals surface area contributed by atoms with Crippen LogP contribution in [0.2, 0.25) is 0 Å². The Kier molecular flexibility index (Phi) is 9.91. The maximum Gasteiger partial charge on any atom is 0.384 e. The minimum absolute atomic E-state index is 0.0547. The van der Waals surface area contributed by atoms with Gasteiger partial charge in [0.15, 0.2) is 22.3 Å². The lowest BCUT2D eigenvalue weighted by Crippen LogP contribution is -2.71. The first-order chi connectivity index (χ1) is 22.8. The fourth-order valence-electron chi connectivity index (χ4n) is 4.48. The van der Waals surface area contributed by atoms with Crippen LogP contribution in [0.25, 0.3) is 0 Å². The molecule has 2 aliphatic heterocycles. The molecule has 0 saturated carbocycles. The van der Waals surface area contributed by atoms with Crippen LogP contribution in [0.5, 0.6) is 11.5 Å². The molecule has 21 heteroatoms. The lowest BCUT2D eigenvalue weighted by Gasteiger charge is -2.49. The van der Waals surface area contributed by atoms with Crippen LogP contribution < -0.4 is 27.3 Å². The first-order valence-corrected chi connectivity index (χ1v) is 16.4. The standard InChI is InChI=1S/C27H25N9O9S3/c28-16-5-6-35(30)27(32-16)46-7-1-2-12-9-47-23-18(22(40)36(23)19(12)24(41)42)33-21(39)17(13-10-48-26(29)31-13)34-45-20(25(43)44)11-3-4-14(37)15(38)8-11/h1-6,8,10,18,20,23,28H,7,9,30H2,(H7,29,31,33,34,37,38,39,41,42,43,44)/p+1/b2-1+/t18-,20+,23-/m1/s1. The second-order valence-electron chi connectivity index (χ2n) is 9.88. The molecule has 2 aliphatic rings. The van der Waals surface area contributed by atoms with E-state index in [1.807, 2.05) is 0 Å². The number of oxime groups is 1. The number of benzene rings is 1. The number of nitrogens with zero attached hydrogens (tertiary/aromatic N) is 5. The van der Waals surface area contributed by atoms with E-state index in [0.29, 0.717) is 16.5 Å². The van der Waals surface area contributed by atoms with E-state index in [9.17, 15) is 39.6 Å². The Labute approximate surface area is 282 Å². The predicted molar refractivity (Wildman–Crippen MR) is 173 cm³/mol. The monoisotopic (exact) mass is 716 g/mol. The number of aliphatic carboxylic acids is 2. The number of β-lactam (4-membered cyclic amide) rings is 1. The highest BCUT2D eigenvalue weighted by Crippen LogP contribution is 2.41. The molecule has 4 heterocycles. The molecular formula is C27H26N9O9S3+. The smallest absolute Gasteiger partial charge is 0.384 e. The highest BCUT2D eigenvalue weighted by molar-refractivity contribution is 8.00. The van der Waals surface area contributed by atoms with Gasteiger partial charge in [0, 0.05) is 28.5 Å². The summed E-state index contributed by atoms with van der Waals surface area (Å²) in [6, 6.07) is 3.54. The normalized spacial score (nSPS) is 18.3. The van der Waals surface area contributed by atoms with Gasteiger partial charge in [-0.05, 0) is 34.5 Å². The van der Waals surface area contributed by atoms with Crippen LogP contribution in [0.4, 0.5) is 10.9 Å². The third kappa shape index (κ3) is 7.06. The number of aromatic hydroxyl groups is 2. The van der Waals surface area contributed by atoms with Crippen LogP contribution >= 0.6 is 34.9 Å². The van der Waals surface area contributed by atoms with E-state index in [-0.39, 0.29) is 33.7 Å². The van der Waals surface area contributed by atoms with E-state index in [1.165, 1.54) is 45.7 Å². The summed E-state index contributed by atoms with van der Waals surface area (Å²) in [5.41, 5.74) is 10.8. The van der Waals surface area contributed by atoms with Crippen molar-refractivity contribution in [1.82, 2.24) is 20.2 Å². The molecule has 2 amide bonds. The van der Waals surface area contributed by atoms with Crippen LogP contribution in [0, 0.1) is 0 Å². The van der Waals surface area contributed by atoms with E-state index in [4.69, 9.17) is 22.1 Å². The number of aromatic nitrogens is 3. The Morgan fingerprint density at radius 3 is 2.65 bits per heavy atom. The number of thiazole rings is 1. The molecule has 0 unspecified atom stereocenters. The average molecular weight is 717 g/mol. The van der Waals surface area contributed by atoms with Gasteiger partial charge in [-0.2, -0.15) is 0 Å². The number of hydrogen-bond acceptors (Lipinski definition) is 16. The largest absolute Gasteiger partial charge is 0.504 e. The van der Waals surface area contributed by atoms with E-state index in [0.717, 1.165) is 28.4 Å². The van der Waals surface area contributed by atoms with Crippen molar-refractivity contribution in [3.63, 3.8) is 0 Å². The van der Waals surface area contributed by atoms with Gasteiger partial charge in [-0.3, -0.25) is 20.3 Å². The summed E-state index contributed by atoms with van der Waals surface area (Å²) in [6.07, 6.45) is 3.02. The number of amides is 2. The Morgan fingerprint density at radius 1 is 1.21 bits per heavy atom. The Bertz CT molecular complexity index is 1900. The van der Waals surface area contributed by atoms with Crippen LogP contribution in [-0.2, 0) is 24.0 Å². The number of carboxylic acids is 2. The summed E-state index contributed by atoms with van der Waals surface area (Å²) in [5.74, 6) is 1.03. The van der Waals surface area contributed by atoms with Crippen molar-refractivity contribution in [2.24, 2.45) is 5.16 Å². The summed E-state index contributed by atoms with van der Waals surface area (Å²) < 4.78 is 1.29. The second-order valence-corrected chi connectivity index (χ2v) is 12.9. The first kappa shape index (κ1) is 33.8. The van der Waals surface area contributed by atoms with Gasteiger partial charge in [-0.1, -0.05) is 23.4 Å². The van der Waals surface area contributed by atoms with Crippen molar-refractivity contribution in [3.05, 3.63) is 70.5 Å². The van der Waals surface area contributed by atoms with Gasteiger partial charge in [0.25, 0.3) is 11.8 Å². The maximum atomic E-state index is 13.4. The van der Waals surface area contributed by atoms with Crippen molar-refractivity contribution in [2.45, 2.75) is 22.7 Å². The lowest BCUT2D eigenvalue weighted by atomic mass is 10.0. The number of anilines is 2. The molecule has 1 saturated heterocycles. The number of allylic oxidation sites excluding steroid dienone is 1. The topological polar surface area (TPSA) is 294 Å². The molecule has 1 fully saturated rings. The number of carbonyl (C=O) groups is 4. The molecule has 3 aromatic rings. The number of carboxylic acid groups (broad SMARTS) is 2. The fraction of sp³-hybridized carbons (Fsp3) is 0.185. The van der Waals surface area contributed by atoms with Crippen LogP contribution in [0.15, 0.2) is 69.6 Å². The lowest BCUT2D eigenvalue weighted by molar-refractivity contribution is -0.682. The van der Waals surface area contributed by atoms with Gasteiger partial charge in [0.05, 0.1) is 0 Å². The predicted octanol–water partition coefficient (Wildman–Crippen LogP) is -0.251. The third-order valence-corrected chi connectivity index (χ3v) is 9.62. The zero-order valence-electron chi connectivity index (χ0n) is 24.3. The highest BCUT2D eigenvalue weighted by Gasteiger charge is 2.54. The molecule has 0 radical (unpaired) electrons. The van der Waals surface area contributed by atoms with Gasteiger partial charge >= 0.3 is 17.1 Å². The van der Waals surface area contributed by atoms with E-state index >= 15 is 0 Å². The summed E-state index contributed by atoms with van der Waals surface area (Å²) in [4.78, 5) is 65.3. The summed E-state index contributed by atoms with van der Waals surface area (Å²) in [7, 11) is 0. The van der Waals surface area contributed by atoms with E-state index < -0.39 is 58.5 Å². The zero-order chi connectivity index (χ0) is 34.7. The minimum Gasteiger partial charge on any atom is -0.504 e. The van der Waals surface area contributed by atoms with Crippen LogP contribution in [0.1, 0.15) is 17.4 Å². The molecule has 3 atom stereocenters. The van der Waals surface area contributed by atoms with Crippen molar-refractivity contribution < 1.29 is 49.1 Å². The molecule has 11 N–H and O–H groups in total. The summed E-state index contributed by atoms with van der Waals surface area (Å²) in [6.45, 7) is 0.